The van der Waals surface area contributed by atoms with Crippen molar-refractivity contribution in [1.29, 1.82) is 0 Å². The van der Waals surface area contributed by atoms with Gasteiger partial charge in [0.1, 0.15) is 0 Å². The maximum absolute atomic E-state index is 12.1. The molecule has 0 radical (unpaired) electrons. The summed E-state index contributed by atoms with van der Waals surface area (Å²) in [5, 5.41) is 3.42. The van der Waals surface area contributed by atoms with Gasteiger partial charge in [-0.3, -0.25) is 10.1 Å². The molecule has 2 rings (SSSR count). The van der Waals surface area contributed by atoms with Gasteiger partial charge in [0.15, 0.2) is 0 Å². The molecule has 1 N–H and O–H groups in total. The minimum absolute atomic E-state index is 0.0233. The minimum Gasteiger partial charge on any atom is -0.326 e. The topological polar surface area (TPSA) is 32.3 Å². The lowest BCUT2D eigenvalue weighted by molar-refractivity contribution is -0.130. The van der Waals surface area contributed by atoms with E-state index in [0.29, 0.717) is 12.1 Å². The smallest absolute Gasteiger partial charge is 0.240 e. The van der Waals surface area contributed by atoms with Crippen LogP contribution in [0.3, 0.4) is 0 Å². The molecule has 3 nitrogen and oxygen atoms in total. The third-order valence-electron chi connectivity index (χ3n) is 4.21. The van der Waals surface area contributed by atoms with Gasteiger partial charge in [0.05, 0.1) is 12.2 Å². The first-order chi connectivity index (χ1) is 8.22. The normalized spacial score (nSPS) is 31.2. The molecule has 0 aromatic carbocycles. The molecule has 3 heteroatoms. The first kappa shape index (κ1) is 12.9. The van der Waals surface area contributed by atoms with Gasteiger partial charge in [-0.15, -0.1) is 0 Å². The van der Waals surface area contributed by atoms with Crippen molar-refractivity contribution in [2.75, 3.05) is 6.54 Å². The van der Waals surface area contributed by atoms with Crippen LogP contribution in [-0.4, -0.2) is 29.6 Å². The largest absolute Gasteiger partial charge is 0.326 e. The molecule has 2 fully saturated rings. The van der Waals surface area contributed by atoms with Crippen molar-refractivity contribution in [2.24, 2.45) is 5.92 Å². The van der Waals surface area contributed by atoms with Crippen molar-refractivity contribution in [3.63, 3.8) is 0 Å². The lowest BCUT2D eigenvalue weighted by Crippen LogP contribution is -2.40. The highest BCUT2D eigenvalue weighted by Gasteiger charge is 2.36. The van der Waals surface area contributed by atoms with Gasteiger partial charge in [-0.2, -0.15) is 0 Å². The monoisotopic (exact) mass is 238 g/mol. The van der Waals surface area contributed by atoms with Gasteiger partial charge in [0.25, 0.3) is 0 Å². The Morgan fingerprint density at radius 1 is 1.29 bits per heavy atom. The number of rotatable bonds is 4. The first-order valence-corrected chi connectivity index (χ1v) is 7.29. The molecule has 0 aromatic heterocycles. The van der Waals surface area contributed by atoms with Crippen LogP contribution >= 0.6 is 0 Å². The van der Waals surface area contributed by atoms with Crippen LogP contribution in [0.4, 0.5) is 0 Å². The standard InChI is InChI=1S/C14H26N2O/c1-3-7-13-15-11(2)14(17)16(13)10-12-8-5-4-6-9-12/h11-13,15H,3-10H2,1-2H3. The maximum atomic E-state index is 12.1. The van der Waals surface area contributed by atoms with Crippen molar-refractivity contribution in [3.05, 3.63) is 0 Å². The summed E-state index contributed by atoms with van der Waals surface area (Å²) in [6.45, 7) is 5.17. The second kappa shape index (κ2) is 5.85. The average Bonchev–Trinajstić information content (AvgIpc) is 2.59. The van der Waals surface area contributed by atoms with E-state index < -0.39 is 0 Å². The van der Waals surface area contributed by atoms with Crippen LogP contribution in [0.25, 0.3) is 0 Å². The fourth-order valence-corrected chi connectivity index (χ4v) is 3.23. The van der Waals surface area contributed by atoms with E-state index in [1.54, 1.807) is 0 Å². The summed E-state index contributed by atoms with van der Waals surface area (Å²) in [6.07, 6.45) is 9.25. The highest BCUT2D eigenvalue weighted by atomic mass is 16.2. The third kappa shape index (κ3) is 3.01. The second-order valence-electron chi connectivity index (χ2n) is 5.69. The predicted octanol–water partition coefficient (Wildman–Crippen LogP) is 2.51. The summed E-state index contributed by atoms with van der Waals surface area (Å²) in [5.74, 6) is 1.06. The Labute approximate surface area is 105 Å². The van der Waals surface area contributed by atoms with Gasteiger partial charge in [0.2, 0.25) is 5.91 Å². The van der Waals surface area contributed by atoms with E-state index in [0.717, 1.165) is 25.3 Å². The number of hydrogen-bond acceptors (Lipinski definition) is 2. The number of hydrogen-bond donors (Lipinski definition) is 1. The molecule has 17 heavy (non-hydrogen) atoms. The van der Waals surface area contributed by atoms with Gasteiger partial charge in [-0.05, 0) is 32.1 Å². The van der Waals surface area contributed by atoms with Crippen LogP contribution in [-0.2, 0) is 4.79 Å². The average molecular weight is 238 g/mol. The number of carbonyl (C=O) groups is 1. The summed E-state index contributed by atoms with van der Waals surface area (Å²) >= 11 is 0. The second-order valence-corrected chi connectivity index (χ2v) is 5.69. The SMILES string of the molecule is CCCC1NC(C)C(=O)N1CC1CCCCC1. The Bertz CT molecular complexity index is 261. The van der Waals surface area contributed by atoms with Crippen LogP contribution in [0.1, 0.15) is 58.8 Å². The summed E-state index contributed by atoms with van der Waals surface area (Å²) in [7, 11) is 0. The highest BCUT2D eigenvalue weighted by Crippen LogP contribution is 2.26. The van der Waals surface area contributed by atoms with Crippen LogP contribution < -0.4 is 5.32 Å². The maximum Gasteiger partial charge on any atom is 0.240 e. The summed E-state index contributed by atoms with van der Waals surface area (Å²) in [4.78, 5) is 14.2. The van der Waals surface area contributed by atoms with Crippen molar-refractivity contribution < 1.29 is 4.79 Å². The quantitative estimate of drug-likeness (QED) is 0.816. The number of nitrogens with zero attached hydrogens (tertiary/aromatic N) is 1. The van der Waals surface area contributed by atoms with Crippen molar-refractivity contribution in [1.82, 2.24) is 10.2 Å². The molecule has 1 saturated heterocycles. The van der Waals surface area contributed by atoms with Gasteiger partial charge in [-0.25, -0.2) is 0 Å². The molecule has 1 heterocycles. The molecule has 0 aromatic rings. The van der Waals surface area contributed by atoms with Crippen molar-refractivity contribution in [3.8, 4) is 0 Å². The van der Waals surface area contributed by atoms with Gasteiger partial charge < -0.3 is 4.90 Å². The van der Waals surface area contributed by atoms with E-state index >= 15 is 0 Å². The Morgan fingerprint density at radius 3 is 2.65 bits per heavy atom. The summed E-state index contributed by atoms with van der Waals surface area (Å²) in [5.41, 5.74) is 0. The zero-order chi connectivity index (χ0) is 12.3. The van der Waals surface area contributed by atoms with Crippen LogP contribution in [0, 0.1) is 5.92 Å². The Hall–Kier alpha value is -0.570. The molecule has 1 amide bonds. The molecule has 1 saturated carbocycles. The Kier molecular flexibility index (Phi) is 4.43. The van der Waals surface area contributed by atoms with Crippen LogP contribution in [0.5, 0.6) is 0 Å². The number of nitrogens with one attached hydrogen (secondary N) is 1. The van der Waals surface area contributed by atoms with E-state index in [4.69, 9.17) is 0 Å². The zero-order valence-electron chi connectivity index (χ0n) is 11.2. The van der Waals surface area contributed by atoms with Crippen molar-refractivity contribution >= 4 is 5.91 Å². The molecule has 0 bridgehead atoms. The van der Waals surface area contributed by atoms with E-state index in [1.165, 1.54) is 32.1 Å². The molecule has 1 aliphatic carbocycles. The van der Waals surface area contributed by atoms with E-state index in [-0.39, 0.29) is 6.04 Å². The fourth-order valence-electron chi connectivity index (χ4n) is 3.23. The lowest BCUT2D eigenvalue weighted by atomic mass is 9.89. The molecule has 1 aliphatic heterocycles. The molecule has 2 unspecified atom stereocenters. The van der Waals surface area contributed by atoms with Gasteiger partial charge in [0, 0.05) is 6.54 Å². The lowest BCUT2D eigenvalue weighted by Gasteiger charge is -2.30. The Balaban J connectivity index is 1.93. The van der Waals surface area contributed by atoms with E-state index in [1.807, 2.05) is 6.92 Å². The van der Waals surface area contributed by atoms with E-state index in [2.05, 4.69) is 17.1 Å². The summed E-state index contributed by atoms with van der Waals surface area (Å²) in [6, 6.07) is 0.0233. The predicted molar refractivity (Wildman–Crippen MR) is 69.6 cm³/mol. The van der Waals surface area contributed by atoms with Crippen molar-refractivity contribution in [2.45, 2.75) is 71.0 Å². The molecule has 2 aliphatic rings. The number of amides is 1. The molecule has 98 valence electrons. The zero-order valence-corrected chi connectivity index (χ0v) is 11.2. The van der Waals surface area contributed by atoms with Gasteiger partial charge in [-0.1, -0.05) is 32.6 Å². The summed E-state index contributed by atoms with van der Waals surface area (Å²) < 4.78 is 0. The van der Waals surface area contributed by atoms with Crippen LogP contribution in [0.2, 0.25) is 0 Å². The molecular formula is C14H26N2O. The molecule has 0 spiro atoms. The third-order valence-corrected chi connectivity index (χ3v) is 4.21. The van der Waals surface area contributed by atoms with Crippen LogP contribution in [0.15, 0.2) is 0 Å². The Morgan fingerprint density at radius 2 is 2.00 bits per heavy atom. The molecular weight excluding hydrogens is 212 g/mol. The highest BCUT2D eigenvalue weighted by molar-refractivity contribution is 5.83. The number of carbonyl (C=O) groups excluding carboxylic acids is 1. The fraction of sp³-hybridized carbons (Fsp3) is 0.929. The molecule has 2 atom stereocenters. The van der Waals surface area contributed by atoms with Gasteiger partial charge >= 0.3 is 0 Å². The van der Waals surface area contributed by atoms with E-state index in [9.17, 15) is 4.79 Å². The first-order valence-electron chi connectivity index (χ1n) is 7.29. The minimum atomic E-state index is 0.0233.